The van der Waals surface area contributed by atoms with Crippen molar-refractivity contribution >= 4 is 34.4 Å². The molecule has 0 aliphatic carbocycles. The van der Waals surface area contributed by atoms with Gasteiger partial charge in [-0.1, -0.05) is 84.6 Å². The van der Waals surface area contributed by atoms with Crippen LogP contribution in [0, 0.1) is 0 Å². The number of benzene rings is 3. The van der Waals surface area contributed by atoms with Crippen molar-refractivity contribution in [1.29, 1.82) is 0 Å². The molecule has 30 heavy (non-hydrogen) atoms. The van der Waals surface area contributed by atoms with E-state index in [0.717, 1.165) is 16.6 Å². The largest absolute Gasteiger partial charge is 0.382 e. The average Bonchev–Trinajstić information content (AvgIpc) is 3.22. The monoisotopic (exact) mass is 416 g/mol. The molecule has 1 heterocycles. The van der Waals surface area contributed by atoms with Gasteiger partial charge in [-0.2, -0.15) is 5.10 Å². The normalized spacial score (nSPS) is 12.6. The van der Waals surface area contributed by atoms with Gasteiger partial charge in [-0.3, -0.25) is 4.79 Å². The summed E-state index contributed by atoms with van der Waals surface area (Å²) in [6.45, 7) is 0. The number of rotatable bonds is 7. The van der Waals surface area contributed by atoms with Gasteiger partial charge in [0.05, 0.1) is 16.8 Å². The van der Waals surface area contributed by atoms with E-state index >= 15 is 0 Å². The van der Waals surface area contributed by atoms with Crippen LogP contribution in [0.25, 0.3) is 11.0 Å². The molecule has 150 valence electrons. The zero-order chi connectivity index (χ0) is 20.8. The van der Waals surface area contributed by atoms with Crippen LogP contribution in [0.1, 0.15) is 17.2 Å². The van der Waals surface area contributed by atoms with Gasteiger partial charge >= 0.3 is 0 Å². The van der Waals surface area contributed by atoms with E-state index in [4.69, 9.17) is 0 Å². The summed E-state index contributed by atoms with van der Waals surface area (Å²) in [5, 5.41) is 15.8. The number of H-pyrrole nitrogens is 1. The van der Waals surface area contributed by atoms with Gasteiger partial charge in [-0.15, -0.1) is 0 Å². The fourth-order valence-corrected chi connectivity index (χ4v) is 3.65. The molecule has 4 rings (SSSR count). The Bertz CT molecular complexity index is 1130. The topological polar surface area (TPSA) is 90.4 Å². The number of thioether (sulfide) groups is 1. The van der Waals surface area contributed by atoms with Crippen molar-refractivity contribution in [3.05, 3.63) is 96.1 Å². The molecule has 0 fully saturated rings. The predicted molar refractivity (Wildman–Crippen MR) is 119 cm³/mol. The van der Waals surface area contributed by atoms with Crippen LogP contribution < -0.4 is 5.43 Å². The molecule has 3 aromatic carbocycles. The SMILES string of the molecule is O=C(CSc1nc2ccccc2[nH]1)N/N=C(/c1ccccc1)[C@@H](O)c1ccccc1. The first kappa shape index (κ1) is 19.9. The molecule has 1 atom stereocenters. The second kappa shape index (κ2) is 9.39. The second-order valence-electron chi connectivity index (χ2n) is 6.56. The number of amides is 1. The molecule has 0 saturated carbocycles. The van der Waals surface area contributed by atoms with Crippen molar-refractivity contribution in [3.8, 4) is 0 Å². The van der Waals surface area contributed by atoms with Crippen LogP contribution in [0.2, 0.25) is 0 Å². The maximum Gasteiger partial charge on any atom is 0.250 e. The van der Waals surface area contributed by atoms with E-state index in [1.165, 1.54) is 11.8 Å². The minimum Gasteiger partial charge on any atom is -0.382 e. The summed E-state index contributed by atoms with van der Waals surface area (Å²) < 4.78 is 0. The summed E-state index contributed by atoms with van der Waals surface area (Å²) in [4.78, 5) is 20.0. The molecule has 0 aliphatic rings. The third kappa shape index (κ3) is 4.76. The van der Waals surface area contributed by atoms with E-state index in [9.17, 15) is 9.90 Å². The molecule has 3 N–H and O–H groups in total. The zero-order valence-electron chi connectivity index (χ0n) is 16.0. The van der Waals surface area contributed by atoms with Gasteiger partial charge in [0.1, 0.15) is 11.8 Å². The summed E-state index contributed by atoms with van der Waals surface area (Å²) in [5.74, 6) is -0.138. The molecule has 6 nitrogen and oxygen atoms in total. The third-order valence-electron chi connectivity index (χ3n) is 4.45. The number of fused-ring (bicyclic) bond motifs is 1. The number of aliphatic hydroxyl groups excluding tert-OH is 1. The Morgan fingerprint density at radius 2 is 1.67 bits per heavy atom. The fraction of sp³-hybridized carbons (Fsp3) is 0.0870. The van der Waals surface area contributed by atoms with Gasteiger partial charge in [-0.25, -0.2) is 10.4 Å². The highest BCUT2D eigenvalue weighted by Crippen LogP contribution is 2.20. The number of imidazole rings is 1. The smallest absolute Gasteiger partial charge is 0.250 e. The summed E-state index contributed by atoms with van der Waals surface area (Å²) in [6.07, 6.45) is -0.961. The van der Waals surface area contributed by atoms with Gasteiger partial charge < -0.3 is 10.1 Å². The molecule has 1 amide bonds. The number of hydrazone groups is 1. The van der Waals surface area contributed by atoms with Crippen LogP contribution >= 0.6 is 11.8 Å². The molecule has 0 saturated heterocycles. The molecule has 0 unspecified atom stereocenters. The molecule has 0 bridgehead atoms. The number of hydrogen-bond acceptors (Lipinski definition) is 5. The number of para-hydroxylation sites is 2. The number of hydrogen-bond donors (Lipinski definition) is 3. The van der Waals surface area contributed by atoms with Gasteiger partial charge in [0, 0.05) is 5.56 Å². The zero-order valence-corrected chi connectivity index (χ0v) is 16.8. The maximum atomic E-state index is 12.4. The van der Waals surface area contributed by atoms with E-state index in [2.05, 4.69) is 20.5 Å². The molecule has 1 aromatic heterocycles. The Kier molecular flexibility index (Phi) is 6.22. The van der Waals surface area contributed by atoms with Crippen LogP contribution in [0.3, 0.4) is 0 Å². The van der Waals surface area contributed by atoms with Crippen molar-refractivity contribution in [2.45, 2.75) is 11.3 Å². The first-order valence-corrected chi connectivity index (χ1v) is 10.4. The van der Waals surface area contributed by atoms with Crippen molar-refractivity contribution in [2.24, 2.45) is 5.10 Å². The number of nitrogens with zero attached hydrogens (tertiary/aromatic N) is 2. The summed E-state index contributed by atoms with van der Waals surface area (Å²) in [5.41, 5.74) is 6.16. The average molecular weight is 417 g/mol. The van der Waals surface area contributed by atoms with Crippen LogP contribution in [-0.2, 0) is 4.79 Å². The van der Waals surface area contributed by atoms with Crippen molar-refractivity contribution in [2.75, 3.05) is 5.75 Å². The van der Waals surface area contributed by atoms with E-state index in [0.29, 0.717) is 16.4 Å². The number of aromatic nitrogens is 2. The first-order chi connectivity index (χ1) is 14.7. The third-order valence-corrected chi connectivity index (χ3v) is 5.33. The highest BCUT2D eigenvalue weighted by molar-refractivity contribution is 7.99. The Morgan fingerprint density at radius 1 is 1.00 bits per heavy atom. The number of carbonyl (C=O) groups is 1. The fourth-order valence-electron chi connectivity index (χ4n) is 2.97. The van der Waals surface area contributed by atoms with Gasteiger partial charge in [0.2, 0.25) is 0 Å². The molecule has 4 aromatic rings. The summed E-state index contributed by atoms with van der Waals surface area (Å²) >= 11 is 1.30. The first-order valence-electron chi connectivity index (χ1n) is 9.43. The summed E-state index contributed by atoms with van der Waals surface area (Å²) in [7, 11) is 0. The maximum absolute atomic E-state index is 12.4. The second-order valence-corrected chi connectivity index (χ2v) is 7.52. The Morgan fingerprint density at radius 3 is 2.40 bits per heavy atom. The lowest BCUT2D eigenvalue weighted by atomic mass is 9.99. The van der Waals surface area contributed by atoms with Crippen molar-refractivity contribution < 1.29 is 9.90 Å². The highest BCUT2D eigenvalue weighted by Gasteiger charge is 2.18. The highest BCUT2D eigenvalue weighted by atomic mass is 32.2. The molecular formula is C23H20N4O2S. The van der Waals surface area contributed by atoms with E-state index < -0.39 is 6.10 Å². The number of nitrogens with one attached hydrogen (secondary N) is 2. The minimum absolute atomic E-state index is 0.146. The Balaban J connectivity index is 1.46. The molecule has 0 aliphatic heterocycles. The molecule has 0 spiro atoms. The minimum atomic E-state index is -0.961. The Hall–Kier alpha value is -3.42. The van der Waals surface area contributed by atoms with E-state index in [-0.39, 0.29) is 11.7 Å². The van der Waals surface area contributed by atoms with Crippen molar-refractivity contribution in [1.82, 2.24) is 15.4 Å². The number of aromatic amines is 1. The summed E-state index contributed by atoms with van der Waals surface area (Å²) in [6, 6.07) is 26.2. The molecular weight excluding hydrogens is 396 g/mol. The lowest BCUT2D eigenvalue weighted by Gasteiger charge is -2.14. The standard InChI is InChI=1S/C23H20N4O2S/c28-20(15-30-23-24-18-13-7-8-14-19(18)25-23)26-27-21(16-9-3-1-4-10-16)22(29)17-11-5-2-6-12-17/h1-14,22,29H,15H2,(H,24,25)(H,26,28)/b27-21-/t22-/m0/s1. The number of carbonyl (C=O) groups excluding carboxylic acids is 1. The van der Waals surface area contributed by atoms with Crippen LogP contribution in [-0.4, -0.2) is 32.4 Å². The van der Waals surface area contributed by atoms with Gasteiger partial charge in [-0.05, 0) is 17.7 Å². The predicted octanol–water partition coefficient (Wildman–Crippen LogP) is 3.91. The number of aliphatic hydroxyl groups is 1. The van der Waals surface area contributed by atoms with E-state index in [1.54, 1.807) is 0 Å². The Labute approximate surface area is 178 Å². The van der Waals surface area contributed by atoms with Crippen molar-refractivity contribution in [3.63, 3.8) is 0 Å². The lowest BCUT2D eigenvalue weighted by Crippen LogP contribution is -2.24. The van der Waals surface area contributed by atoms with Crippen LogP contribution in [0.5, 0.6) is 0 Å². The van der Waals surface area contributed by atoms with Gasteiger partial charge in [0.15, 0.2) is 5.16 Å². The molecule has 0 radical (unpaired) electrons. The van der Waals surface area contributed by atoms with E-state index in [1.807, 2.05) is 84.9 Å². The molecule has 7 heteroatoms. The van der Waals surface area contributed by atoms with Crippen LogP contribution in [0.15, 0.2) is 95.2 Å². The quantitative estimate of drug-likeness (QED) is 0.242. The van der Waals surface area contributed by atoms with Crippen LogP contribution in [0.4, 0.5) is 0 Å². The lowest BCUT2D eigenvalue weighted by molar-refractivity contribution is -0.118. The van der Waals surface area contributed by atoms with Gasteiger partial charge in [0.25, 0.3) is 5.91 Å².